The molecule has 0 aliphatic heterocycles. The Bertz CT molecular complexity index is 667. The number of methoxy groups -OCH3 is 1. The van der Waals surface area contributed by atoms with Crippen molar-refractivity contribution in [2.24, 2.45) is 0 Å². The molecule has 1 atom stereocenters. The number of ketones is 1. The zero-order valence-electron chi connectivity index (χ0n) is 10.5. The second-order valence-corrected chi connectivity index (χ2v) is 4.86. The molecule has 6 heteroatoms. The third-order valence-corrected chi connectivity index (χ3v) is 3.42. The van der Waals surface area contributed by atoms with Crippen LogP contribution in [-0.4, -0.2) is 26.8 Å². The van der Waals surface area contributed by atoms with Gasteiger partial charge >= 0.3 is 0 Å². The van der Waals surface area contributed by atoms with E-state index >= 15 is 0 Å². The van der Waals surface area contributed by atoms with Crippen LogP contribution in [0.1, 0.15) is 15.9 Å². The van der Waals surface area contributed by atoms with Crippen molar-refractivity contribution >= 4 is 16.9 Å². The Morgan fingerprint density at radius 3 is 2.45 bits per heavy atom. The van der Waals surface area contributed by atoms with Gasteiger partial charge in [0.1, 0.15) is 11.5 Å². The lowest BCUT2D eigenvalue weighted by Crippen LogP contribution is -2.04. The number of rotatable bonds is 4. The molecule has 0 fully saturated rings. The number of carbonyl (C=O) groups is 1. The number of hydrogen-bond donors (Lipinski definition) is 1. The van der Waals surface area contributed by atoms with Crippen LogP contribution in [0.25, 0.3) is 0 Å². The summed E-state index contributed by atoms with van der Waals surface area (Å²) in [6, 6.07) is 10.5. The molecule has 2 aromatic rings. The van der Waals surface area contributed by atoms with Crippen molar-refractivity contribution in [2.45, 2.75) is 4.90 Å². The fourth-order valence-corrected chi connectivity index (χ4v) is 2.29. The average molecular weight is 291 g/mol. The lowest BCUT2D eigenvalue weighted by Gasteiger charge is -2.13. The van der Waals surface area contributed by atoms with E-state index in [9.17, 15) is 18.7 Å². The van der Waals surface area contributed by atoms with Gasteiger partial charge in [0, 0.05) is 11.6 Å². The molecule has 0 amide bonds. The molecule has 0 saturated carbocycles. The van der Waals surface area contributed by atoms with Gasteiger partial charge in [-0.2, -0.15) is 0 Å². The van der Waals surface area contributed by atoms with E-state index < -0.39 is 16.9 Å². The van der Waals surface area contributed by atoms with Crippen LogP contribution in [0.15, 0.2) is 47.4 Å². The SMILES string of the molecule is COc1cc(O)c(C(=O)c2ccccc2)cc1S(=O)[O-]. The Kier molecular flexibility index (Phi) is 4.16. The molecule has 0 bridgehead atoms. The maximum atomic E-state index is 12.2. The predicted molar refractivity (Wildman–Crippen MR) is 71.7 cm³/mol. The molecule has 0 saturated heterocycles. The van der Waals surface area contributed by atoms with Crippen LogP contribution in [0.3, 0.4) is 0 Å². The summed E-state index contributed by atoms with van der Waals surface area (Å²) in [5.41, 5.74) is 0.270. The molecule has 0 aliphatic carbocycles. The van der Waals surface area contributed by atoms with E-state index in [0.29, 0.717) is 5.56 Å². The van der Waals surface area contributed by atoms with Crippen LogP contribution in [-0.2, 0) is 11.1 Å². The summed E-state index contributed by atoms with van der Waals surface area (Å²) >= 11 is -2.57. The number of phenols is 1. The largest absolute Gasteiger partial charge is 0.768 e. The van der Waals surface area contributed by atoms with E-state index in [-0.39, 0.29) is 22.0 Å². The van der Waals surface area contributed by atoms with Gasteiger partial charge in [-0.3, -0.25) is 9.00 Å². The zero-order chi connectivity index (χ0) is 14.7. The molecule has 0 radical (unpaired) electrons. The van der Waals surface area contributed by atoms with Gasteiger partial charge in [0.15, 0.2) is 5.78 Å². The molecule has 1 unspecified atom stereocenters. The molecule has 0 spiro atoms. The first-order valence-corrected chi connectivity index (χ1v) is 6.72. The van der Waals surface area contributed by atoms with Gasteiger partial charge in [-0.05, 0) is 17.1 Å². The van der Waals surface area contributed by atoms with Gasteiger partial charge < -0.3 is 14.4 Å². The second kappa shape index (κ2) is 5.85. The number of hydrogen-bond acceptors (Lipinski definition) is 5. The molecule has 20 heavy (non-hydrogen) atoms. The topological polar surface area (TPSA) is 86.7 Å². The summed E-state index contributed by atoms with van der Waals surface area (Å²) < 4.78 is 27.1. The first-order valence-electron chi connectivity index (χ1n) is 5.64. The van der Waals surface area contributed by atoms with Crippen molar-refractivity contribution in [3.05, 3.63) is 53.6 Å². The first kappa shape index (κ1) is 14.2. The van der Waals surface area contributed by atoms with Crippen LogP contribution < -0.4 is 4.74 Å². The lowest BCUT2D eigenvalue weighted by molar-refractivity contribution is 0.103. The predicted octanol–water partition coefficient (Wildman–Crippen LogP) is 1.87. The molecular formula is C14H11O5S-. The maximum Gasteiger partial charge on any atom is 0.196 e. The highest BCUT2D eigenvalue weighted by atomic mass is 32.2. The van der Waals surface area contributed by atoms with Crippen molar-refractivity contribution in [2.75, 3.05) is 7.11 Å². The normalized spacial score (nSPS) is 11.9. The molecule has 5 nitrogen and oxygen atoms in total. The van der Waals surface area contributed by atoms with Crippen LogP contribution in [0.5, 0.6) is 11.5 Å². The summed E-state index contributed by atoms with van der Waals surface area (Å²) in [5.74, 6) is -0.803. The summed E-state index contributed by atoms with van der Waals surface area (Å²) in [6.45, 7) is 0. The van der Waals surface area contributed by atoms with Crippen molar-refractivity contribution in [3.63, 3.8) is 0 Å². The van der Waals surface area contributed by atoms with Crippen molar-refractivity contribution in [3.8, 4) is 11.5 Å². The second-order valence-electron chi connectivity index (χ2n) is 3.95. The minimum atomic E-state index is -2.57. The smallest absolute Gasteiger partial charge is 0.196 e. The molecular weight excluding hydrogens is 280 g/mol. The summed E-state index contributed by atoms with van der Waals surface area (Å²) in [7, 11) is 1.28. The Balaban J connectivity index is 2.55. The Morgan fingerprint density at radius 1 is 1.25 bits per heavy atom. The highest BCUT2D eigenvalue weighted by Gasteiger charge is 2.17. The number of ether oxygens (including phenoxy) is 1. The molecule has 1 N–H and O–H groups in total. The van der Waals surface area contributed by atoms with E-state index in [2.05, 4.69) is 0 Å². The fraction of sp³-hybridized carbons (Fsp3) is 0.0714. The number of phenolic OH excluding ortho intramolecular Hbond substituents is 1. The fourth-order valence-electron chi connectivity index (χ4n) is 1.77. The average Bonchev–Trinajstić information content (AvgIpc) is 2.46. The van der Waals surface area contributed by atoms with Gasteiger partial charge in [0.25, 0.3) is 0 Å². The van der Waals surface area contributed by atoms with E-state index in [1.807, 2.05) is 0 Å². The molecule has 104 valence electrons. The van der Waals surface area contributed by atoms with Crippen molar-refractivity contribution < 1.29 is 23.4 Å². The number of aromatic hydroxyl groups is 1. The minimum Gasteiger partial charge on any atom is -0.768 e. The number of carbonyl (C=O) groups excluding carboxylic acids is 1. The standard InChI is InChI=1S/C14H12O5S/c1-19-12-8-11(15)10(7-13(12)20(17)18)14(16)9-5-3-2-4-6-9/h2-8,15H,1H3,(H,17,18)/p-1. The van der Waals surface area contributed by atoms with E-state index in [1.165, 1.54) is 7.11 Å². The molecule has 0 heterocycles. The Morgan fingerprint density at radius 2 is 1.90 bits per heavy atom. The summed E-state index contributed by atoms with van der Waals surface area (Å²) in [4.78, 5) is 12.1. The van der Waals surface area contributed by atoms with Gasteiger partial charge in [-0.25, -0.2) is 0 Å². The third-order valence-electron chi connectivity index (χ3n) is 2.74. The van der Waals surface area contributed by atoms with Gasteiger partial charge in [0.05, 0.1) is 17.6 Å². The quantitative estimate of drug-likeness (QED) is 0.686. The highest BCUT2D eigenvalue weighted by molar-refractivity contribution is 7.79. The van der Waals surface area contributed by atoms with E-state index in [0.717, 1.165) is 12.1 Å². The van der Waals surface area contributed by atoms with Crippen molar-refractivity contribution in [1.82, 2.24) is 0 Å². The maximum absolute atomic E-state index is 12.2. The summed E-state index contributed by atoms with van der Waals surface area (Å²) in [5, 5.41) is 9.86. The summed E-state index contributed by atoms with van der Waals surface area (Å²) in [6.07, 6.45) is 0. The van der Waals surface area contributed by atoms with Crippen molar-refractivity contribution in [1.29, 1.82) is 0 Å². The number of benzene rings is 2. The van der Waals surface area contributed by atoms with Crippen LogP contribution >= 0.6 is 0 Å². The molecule has 0 aliphatic rings. The minimum absolute atomic E-state index is 0.0135. The van der Waals surface area contributed by atoms with Crippen LogP contribution in [0.4, 0.5) is 0 Å². The van der Waals surface area contributed by atoms with E-state index in [1.54, 1.807) is 30.3 Å². The van der Waals surface area contributed by atoms with Crippen LogP contribution in [0, 0.1) is 0 Å². The van der Waals surface area contributed by atoms with E-state index in [4.69, 9.17) is 4.74 Å². The Hall–Kier alpha value is -2.18. The third kappa shape index (κ3) is 2.71. The van der Waals surface area contributed by atoms with Gasteiger partial charge in [-0.1, -0.05) is 30.3 Å². The van der Waals surface area contributed by atoms with Gasteiger partial charge in [-0.15, -0.1) is 0 Å². The molecule has 2 rings (SSSR count). The molecule has 0 aromatic heterocycles. The highest BCUT2D eigenvalue weighted by Crippen LogP contribution is 2.31. The first-order chi connectivity index (χ1) is 9.54. The lowest BCUT2D eigenvalue weighted by atomic mass is 10.0. The Labute approximate surface area is 118 Å². The zero-order valence-corrected chi connectivity index (χ0v) is 11.3. The van der Waals surface area contributed by atoms with Crippen LogP contribution in [0.2, 0.25) is 0 Å². The molecule has 2 aromatic carbocycles. The van der Waals surface area contributed by atoms with Gasteiger partial charge in [0.2, 0.25) is 0 Å². The monoisotopic (exact) mass is 291 g/mol.